The summed E-state index contributed by atoms with van der Waals surface area (Å²) in [5, 5.41) is 0. The third-order valence-corrected chi connectivity index (χ3v) is 10.8. The highest BCUT2D eigenvalue weighted by Gasteiger charge is 2.43. The Morgan fingerprint density at radius 3 is 1.62 bits per heavy atom. The molecule has 2 aliphatic heterocycles. The smallest absolute Gasteiger partial charge is 0.0161 e. The van der Waals surface area contributed by atoms with Gasteiger partial charge in [0.1, 0.15) is 0 Å². The summed E-state index contributed by atoms with van der Waals surface area (Å²) in [5.41, 5.74) is 1.29. The van der Waals surface area contributed by atoms with Crippen molar-refractivity contribution in [2.24, 2.45) is 17.8 Å². The van der Waals surface area contributed by atoms with E-state index in [1.165, 1.54) is 109 Å². The maximum atomic E-state index is 2.89. The molecule has 2 saturated heterocycles. The largest absolute Gasteiger partial charge is 0.293 e. The standard InChI is InChI=1S/C35H70N2/c1-12-14-16-25-36-32(4,5)23-21-30(27-34(36,8)9)20-18-19-29(3)31-22-24-33(6,7)37(26-17-15-13-2)35(10,11)28-31/h29-31H,12-28H2,1-11H3. The zero-order valence-corrected chi connectivity index (χ0v) is 27.6. The Morgan fingerprint density at radius 2 is 1.11 bits per heavy atom. The lowest BCUT2D eigenvalue weighted by Crippen LogP contribution is -2.54. The third-order valence-electron chi connectivity index (χ3n) is 10.8. The van der Waals surface area contributed by atoms with Crippen molar-refractivity contribution in [3.8, 4) is 0 Å². The summed E-state index contributed by atoms with van der Waals surface area (Å²) < 4.78 is 0. The molecule has 0 amide bonds. The van der Waals surface area contributed by atoms with Gasteiger partial charge in [-0.15, -0.1) is 0 Å². The summed E-state index contributed by atoms with van der Waals surface area (Å²) in [4.78, 5) is 5.78. The first-order chi connectivity index (χ1) is 17.2. The van der Waals surface area contributed by atoms with Crippen LogP contribution in [0.1, 0.15) is 172 Å². The normalized spacial score (nSPS) is 28.9. The lowest BCUT2D eigenvalue weighted by atomic mass is 9.78. The lowest BCUT2D eigenvalue weighted by Gasteiger charge is -2.48. The van der Waals surface area contributed by atoms with Crippen LogP contribution in [-0.2, 0) is 0 Å². The molecular weight excluding hydrogens is 448 g/mol. The molecule has 37 heavy (non-hydrogen) atoms. The number of hydrogen-bond donors (Lipinski definition) is 0. The van der Waals surface area contributed by atoms with Gasteiger partial charge in [-0.1, -0.05) is 65.7 Å². The van der Waals surface area contributed by atoms with Gasteiger partial charge in [-0.05, 0) is 138 Å². The fraction of sp³-hybridized carbons (Fsp3) is 1.00. The molecule has 2 heterocycles. The van der Waals surface area contributed by atoms with Gasteiger partial charge in [-0.2, -0.15) is 0 Å². The first kappa shape index (κ1) is 33.1. The summed E-state index contributed by atoms with van der Waals surface area (Å²) >= 11 is 0. The summed E-state index contributed by atoms with van der Waals surface area (Å²) in [7, 11) is 0. The maximum Gasteiger partial charge on any atom is 0.0161 e. The van der Waals surface area contributed by atoms with Crippen LogP contribution in [0.25, 0.3) is 0 Å². The van der Waals surface area contributed by atoms with E-state index in [2.05, 4.69) is 86.0 Å². The van der Waals surface area contributed by atoms with Gasteiger partial charge in [0.15, 0.2) is 0 Å². The van der Waals surface area contributed by atoms with E-state index in [-0.39, 0.29) is 0 Å². The SMILES string of the molecule is CCCCCN1C(C)(C)CCC(CCCC(C)C2CCC(C)(C)N(CCCCC)C(C)(C)C2)CC1(C)C. The maximum absolute atomic E-state index is 2.89. The molecule has 0 saturated carbocycles. The Balaban J connectivity index is 1.94. The van der Waals surface area contributed by atoms with Crippen molar-refractivity contribution in [1.82, 2.24) is 9.80 Å². The molecule has 2 fully saturated rings. The van der Waals surface area contributed by atoms with Crippen molar-refractivity contribution in [1.29, 1.82) is 0 Å². The second-order valence-corrected chi connectivity index (χ2v) is 16.0. The van der Waals surface area contributed by atoms with Gasteiger partial charge in [0.2, 0.25) is 0 Å². The Hall–Kier alpha value is -0.0800. The number of hydrogen-bond acceptors (Lipinski definition) is 2. The highest BCUT2D eigenvalue weighted by molar-refractivity contribution is 4.99. The van der Waals surface area contributed by atoms with Crippen LogP contribution >= 0.6 is 0 Å². The van der Waals surface area contributed by atoms with E-state index in [0.29, 0.717) is 22.2 Å². The van der Waals surface area contributed by atoms with Gasteiger partial charge < -0.3 is 0 Å². The predicted molar refractivity (Wildman–Crippen MR) is 166 cm³/mol. The van der Waals surface area contributed by atoms with Crippen LogP contribution in [-0.4, -0.2) is 45.0 Å². The highest BCUT2D eigenvalue weighted by Crippen LogP contribution is 2.44. The second kappa shape index (κ2) is 14.0. The first-order valence-corrected chi connectivity index (χ1v) is 16.7. The van der Waals surface area contributed by atoms with Gasteiger partial charge >= 0.3 is 0 Å². The average molecular weight is 519 g/mol. The minimum atomic E-state index is 0.310. The number of nitrogens with zero attached hydrogens (tertiary/aromatic N) is 2. The molecule has 3 atom stereocenters. The highest BCUT2D eigenvalue weighted by atomic mass is 15.3. The van der Waals surface area contributed by atoms with E-state index < -0.39 is 0 Å². The molecule has 0 aliphatic carbocycles. The van der Waals surface area contributed by atoms with Crippen molar-refractivity contribution < 1.29 is 0 Å². The molecule has 0 N–H and O–H groups in total. The van der Waals surface area contributed by atoms with Crippen molar-refractivity contribution in [2.75, 3.05) is 13.1 Å². The molecule has 0 aromatic rings. The Kier molecular flexibility index (Phi) is 12.5. The molecule has 0 spiro atoms. The van der Waals surface area contributed by atoms with Crippen LogP contribution in [0.3, 0.4) is 0 Å². The first-order valence-electron chi connectivity index (χ1n) is 16.7. The fourth-order valence-electron chi connectivity index (χ4n) is 8.72. The van der Waals surface area contributed by atoms with E-state index in [9.17, 15) is 0 Å². The van der Waals surface area contributed by atoms with Crippen molar-refractivity contribution in [3.05, 3.63) is 0 Å². The van der Waals surface area contributed by atoms with E-state index in [1.807, 2.05) is 0 Å². The van der Waals surface area contributed by atoms with Gasteiger partial charge in [0.05, 0.1) is 0 Å². The van der Waals surface area contributed by atoms with Crippen LogP contribution in [0.15, 0.2) is 0 Å². The van der Waals surface area contributed by atoms with Gasteiger partial charge in [-0.3, -0.25) is 9.80 Å². The molecule has 220 valence electrons. The molecule has 2 nitrogen and oxygen atoms in total. The molecule has 3 unspecified atom stereocenters. The van der Waals surface area contributed by atoms with Crippen molar-refractivity contribution in [3.63, 3.8) is 0 Å². The number of rotatable bonds is 13. The summed E-state index contributed by atoms with van der Waals surface area (Å²) in [6.45, 7) is 30.1. The third kappa shape index (κ3) is 9.51. The number of likely N-dealkylation sites (tertiary alicyclic amines) is 2. The molecular formula is C35H70N2. The zero-order chi connectivity index (χ0) is 27.9. The number of unbranched alkanes of at least 4 members (excludes halogenated alkanes) is 4. The van der Waals surface area contributed by atoms with E-state index in [4.69, 9.17) is 0 Å². The predicted octanol–water partition coefficient (Wildman–Crippen LogP) is 10.5. The van der Waals surface area contributed by atoms with Gasteiger partial charge in [0.25, 0.3) is 0 Å². The van der Waals surface area contributed by atoms with Crippen molar-refractivity contribution in [2.45, 2.75) is 195 Å². The van der Waals surface area contributed by atoms with Crippen LogP contribution in [0.5, 0.6) is 0 Å². The Morgan fingerprint density at radius 1 is 0.622 bits per heavy atom. The molecule has 2 rings (SSSR count). The molecule has 0 radical (unpaired) electrons. The van der Waals surface area contributed by atoms with Gasteiger partial charge in [-0.25, -0.2) is 0 Å². The van der Waals surface area contributed by atoms with E-state index >= 15 is 0 Å². The molecule has 0 aromatic carbocycles. The minimum Gasteiger partial charge on any atom is -0.293 e. The molecule has 0 aromatic heterocycles. The average Bonchev–Trinajstić information content (AvgIpc) is 2.93. The van der Waals surface area contributed by atoms with E-state index in [1.54, 1.807) is 0 Å². The van der Waals surface area contributed by atoms with Crippen LogP contribution in [0.4, 0.5) is 0 Å². The molecule has 0 bridgehead atoms. The topological polar surface area (TPSA) is 6.48 Å². The van der Waals surface area contributed by atoms with Crippen molar-refractivity contribution >= 4 is 0 Å². The Labute approximate surface area is 235 Å². The summed E-state index contributed by atoms with van der Waals surface area (Å²) in [5.74, 6) is 2.63. The zero-order valence-electron chi connectivity index (χ0n) is 27.6. The van der Waals surface area contributed by atoms with Gasteiger partial charge in [0, 0.05) is 22.2 Å². The summed E-state index contributed by atoms with van der Waals surface area (Å²) in [6.07, 6.45) is 20.7. The van der Waals surface area contributed by atoms with Crippen LogP contribution in [0, 0.1) is 17.8 Å². The fourth-order valence-corrected chi connectivity index (χ4v) is 8.72. The van der Waals surface area contributed by atoms with Crippen LogP contribution in [0.2, 0.25) is 0 Å². The minimum absolute atomic E-state index is 0.310. The lowest BCUT2D eigenvalue weighted by molar-refractivity contribution is 0.0138. The quantitative estimate of drug-likeness (QED) is 0.224. The molecule has 2 aliphatic rings. The monoisotopic (exact) mass is 519 g/mol. The summed E-state index contributed by atoms with van der Waals surface area (Å²) in [6, 6.07) is 0. The molecule has 2 heteroatoms. The Bertz CT molecular complexity index is 646. The van der Waals surface area contributed by atoms with Crippen LogP contribution < -0.4 is 0 Å². The van der Waals surface area contributed by atoms with E-state index in [0.717, 1.165) is 17.8 Å². The second-order valence-electron chi connectivity index (χ2n) is 16.0.